The zero-order chi connectivity index (χ0) is 14.5. The summed E-state index contributed by atoms with van der Waals surface area (Å²) < 4.78 is 0. The summed E-state index contributed by atoms with van der Waals surface area (Å²) in [6, 6.07) is 9.48. The van der Waals surface area contributed by atoms with Crippen molar-refractivity contribution >= 4 is 22.6 Å². The summed E-state index contributed by atoms with van der Waals surface area (Å²) >= 11 is 0. The highest BCUT2D eigenvalue weighted by Crippen LogP contribution is 2.23. The van der Waals surface area contributed by atoms with Gasteiger partial charge in [-0.15, -0.1) is 0 Å². The Morgan fingerprint density at radius 2 is 2.15 bits per heavy atom. The molecule has 2 aromatic rings. The molecule has 0 aliphatic carbocycles. The number of aliphatic hydroxyl groups excluding tert-OH is 1. The van der Waals surface area contributed by atoms with E-state index in [0.29, 0.717) is 24.5 Å². The van der Waals surface area contributed by atoms with Crippen LogP contribution in [0.3, 0.4) is 0 Å². The number of benzene rings is 1. The number of nitrogens with zero attached hydrogens (tertiary/aromatic N) is 3. The van der Waals surface area contributed by atoms with E-state index >= 15 is 0 Å². The smallest absolute Gasteiger partial charge is 0.173 e. The lowest BCUT2D eigenvalue weighted by molar-refractivity contribution is 0.302. The number of amidine groups is 1. The molecule has 6 nitrogen and oxygen atoms in total. The lowest BCUT2D eigenvalue weighted by Crippen LogP contribution is -2.30. The first-order valence-corrected chi connectivity index (χ1v) is 6.44. The Morgan fingerprint density at radius 3 is 2.80 bits per heavy atom. The maximum atomic E-state index is 9.15. The fraction of sp³-hybridized carbons (Fsp3) is 0.286. The van der Waals surface area contributed by atoms with Gasteiger partial charge >= 0.3 is 0 Å². The minimum Gasteiger partial charge on any atom is -0.409 e. The molecule has 2 rings (SSSR count). The van der Waals surface area contributed by atoms with Crippen molar-refractivity contribution in [3.63, 3.8) is 0 Å². The Kier molecular flexibility index (Phi) is 4.37. The molecule has 106 valence electrons. The van der Waals surface area contributed by atoms with Crippen LogP contribution < -0.4 is 10.6 Å². The van der Waals surface area contributed by atoms with Crippen molar-refractivity contribution in [2.75, 3.05) is 24.6 Å². The molecular formula is C14H18N4O2. The molecule has 0 radical (unpaired) electrons. The second kappa shape index (κ2) is 6.21. The lowest BCUT2D eigenvalue weighted by Gasteiger charge is -2.23. The maximum Gasteiger partial charge on any atom is 0.173 e. The molecule has 0 fully saturated rings. The summed E-state index contributed by atoms with van der Waals surface area (Å²) in [5.41, 5.74) is 7.13. The Hall–Kier alpha value is -2.34. The maximum absolute atomic E-state index is 9.15. The van der Waals surface area contributed by atoms with Gasteiger partial charge in [0.2, 0.25) is 0 Å². The first kappa shape index (κ1) is 14.1. The zero-order valence-corrected chi connectivity index (χ0v) is 11.3. The summed E-state index contributed by atoms with van der Waals surface area (Å²) in [5.74, 6) is 0.616. The Morgan fingerprint density at radius 1 is 1.40 bits per heavy atom. The van der Waals surface area contributed by atoms with Crippen LogP contribution in [0, 0.1) is 0 Å². The van der Waals surface area contributed by atoms with Crippen molar-refractivity contribution in [1.29, 1.82) is 0 Å². The van der Waals surface area contributed by atoms with E-state index in [1.807, 2.05) is 42.2 Å². The molecule has 1 aromatic carbocycles. The molecular weight excluding hydrogens is 256 g/mol. The number of hydrogen-bond acceptors (Lipinski definition) is 5. The predicted molar refractivity (Wildman–Crippen MR) is 79.2 cm³/mol. The number of rotatable bonds is 5. The van der Waals surface area contributed by atoms with Crippen molar-refractivity contribution in [3.05, 3.63) is 35.9 Å². The highest BCUT2D eigenvalue weighted by molar-refractivity contribution is 6.04. The van der Waals surface area contributed by atoms with Crippen molar-refractivity contribution in [1.82, 2.24) is 4.98 Å². The van der Waals surface area contributed by atoms with Gasteiger partial charge in [0.25, 0.3) is 0 Å². The molecule has 0 aliphatic heterocycles. The SMILES string of the molecule is CCN(CCO)c1nc2ccccc2cc1C(N)=NO. The third kappa shape index (κ3) is 2.65. The molecule has 4 N–H and O–H groups in total. The molecule has 0 saturated heterocycles. The number of anilines is 1. The summed E-state index contributed by atoms with van der Waals surface area (Å²) in [7, 11) is 0. The fourth-order valence-corrected chi connectivity index (χ4v) is 2.12. The molecule has 1 aromatic heterocycles. The molecule has 6 heteroatoms. The number of pyridine rings is 1. The van der Waals surface area contributed by atoms with Gasteiger partial charge in [0.1, 0.15) is 5.82 Å². The molecule has 0 atom stereocenters. The molecule has 0 spiro atoms. The molecule has 0 amide bonds. The van der Waals surface area contributed by atoms with E-state index in [1.54, 1.807) is 0 Å². The van der Waals surface area contributed by atoms with Crippen LogP contribution in [0.15, 0.2) is 35.5 Å². The number of likely N-dealkylation sites (N-methyl/N-ethyl adjacent to an activating group) is 1. The normalized spacial score (nSPS) is 11.8. The van der Waals surface area contributed by atoms with Crippen molar-refractivity contribution < 1.29 is 10.3 Å². The molecule has 0 bridgehead atoms. The van der Waals surface area contributed by atoms with E-state index in [0.717, 1.165) is 10.9 Å². The van der Waals surface area contributed by atoms with Gasteiger partial charge in [0, 0.05) is 18.5 Å². The number of aromatic nitrogens is 1. The van der Waals surface area contributed by atoms with E-state index in [1.165, 1.54) is 0 Å². The van der Waals surface area contributed by atoms with Gasteiger partial charge in [-0.05, 0) is 19.1 Å². The minimum absolute atomic E-state index is 0.00893. The van der Waals surface area contributed by atoms with E-state index in [9.17, 15) is 0 Å². The van der Waals surface area contributed by atoms with Gasteiger partial charge in [0.05, 0.1) is 17.7 Å². The fourth-order valence-electron chi connectivity index (χ4n) is 2.12. The number of fused-ring (bicyclic) bond motifs is 1. The van der Waals surface area contributed by atoms with E-state index in [2.05, 4.69) is 10.1 Å². The molecule has 0 aliphatic rings. The van der Waals surface area contributed by atoms with Crippen molar-refractivity contribution in [3.8, 4) is 0 Å². The average molecular weight is 274 g/mol. The summed E-state index contributed by atoms with van der Waals surface area (Å²) in [6.45, 7) is 3.08. The summed E-state index contributed by atoms with van der Waals surface area (Å²) in [5, 5.41) is 22.1. The first-order chi connectivity index (χ1) is 9.71. The lowest BCUT2D eigenvalue weighted by atomic mass is 10.1. The highest BCUT2D eigenvalue weighted by atomic mass is 16.4. The third-order valence-electron chi connectivity index (χ3n) is 3.14. The van der Waals surface area contributed by atoms with Gasteiger partial charge in [-0.3, -0.25) is 0 Å². The van der Waals surface area contributed by atoms with Crippen LogP contribution in [-0.4, -0.2) is 40.8 Å². The van der Waals surface area contributed by atoms with Crippen LogP contribution in [0.2, 0.25) is 0 Å². The van der Waals surface area contributed by atoms with Crippen LogP contribution in [0.5, 0.6) is 0 Å². The van der Waals surface area contributed by atoms with E-state index in [-0.39, 0.29) is 12.4 Å². The van der Waals surface area contributed by atoms with Crippen molar-refractivity contribution in [2.24, 2.45) is 10.9 Å². The van der Waals surface area contributed by atoms with Gasteiger partial charge in [-0.2, -0.15) is 0 Å². The Balaban J connectivity index is 2.65. The van der Waals surface area contributed by atoms with Gasteiger partial charge < -0.3 is 20.9 Å². The number of oxime groups is 1. The van der Waals surface area contributed by atoms with Crippen LogP contribution in [0.1, 0.15) is 12.5 Å². The largest absolute Gasteiger partial charge is 0.409 e. The molecule has 0 saturated carbocycles. The summed E-state index contributed by atoms with van der Waals surface area (Å²) in [4.78, 5) is 6.47. The van der Waals surface area contributed by atoms with Crippen LogP contribution >= 0.6 is 0 Å². The zero-order valence-electron chi connectivity index (χ0n) is 11.3. The quantitative estimate of drug-likeness (QED) is 0.329. The monoisotopic (exact) mass is 274 g/mol. The highest BCUT2D eigenvalue weighted by Gasteiger charge is 2.15. The first-order valence-electron chi connectivity index (χ1n) is 6.44. The number of aliphatic hydroxyl groups is 1. The van der Waals surface area contributed by atoms with Gasteiger partial charge in [0.15, 0.2) is 5.84 Å². The summed E-state index contributed by atoms with van der Waals surface area (Å²) in [6.07, 6.45) is 0. The topological polar surface area (TPSA) is 95.0 Å². The van der Waals surface area contributed by atoms with Gasteiger partial charge in [-0.25, -0.2) is 4.98 Å². The minimum atomic E-state index is 0.00893. The van der Waals surface area contributed by atoms with Gasteiger partial charge in [-0.1, -0.05) is 23.4 Å². The Labute approximate surface area is 117 Å². The second-order valence-electron chi connectivity index (χ2n) is 4.34. The third-order valence-corrected chi connectivity index (χ3v) is 3.14. The standard InChI is InChI=1S/C14H18N4O2/c1-2-18(7-8-19)14-11(13(15)17-20)9-10-5-3-4-6-12(10)16-14/h3-6,9,19-20H,2,7-8H2,1H3,(H2,15,17). The number of para-hydroxylation sites is 1. The molecule has 1 heterocycles. The van der Waals surface area contributed by atoms with E-state index in [4.69, 9.17) is 16.0 Å². The molecule has 0 unspecified atom stereocenters. The Bertz CT molecular complexity index is 628. The predicted octanol–water partition coefficient (Wildman–Crippen LogP) is 1.15. The van der Waals surface area contributed by atoms with Crippen molar-refractivity contribution in [2.45, 2.75) is 6.92 Å². The number of hydrogen-bond donors (Lipinski definition) is 3. The second-order valence-corrected chi connectivity index (χ2v) is 4.34. The van der Waals surface area contributed by atoms with Crippen LogP contribution in [-0.2, 0) is 0 Å². The number of nitrogens with two attached hydrogens (primary N) is 1. The van der Waals surface area contributed by atoms with Crippen LogP contribution in [0.4, 0.5) is 5.82 Å². The van der Waals surface area contributed by atoms with Crippen LogP contribution in [0.25, 0.3) is 10.9 Å². The average Bonchev–Trinajstić information content (AvgIpc) is 2.50. The van der Waals surface area contributed by atoms with E-state index < -0.39 is 0 Å². The molecule has 20 heavy (non-hydrogen) atoms.